The van der Waals surface area contributed by atoms with Gasteiger partial charge in [-0.25, -0.2) is 15.0 Å². The van der Waals surface area contributed by atoms with Crippen LogP contribution in [0.15, 0.2) is 24.5 Å². The Labute approximate surface area is 111 Å². The minimum absolute atomic E-state index is 0.635. The molecule has 19 heavy (non-hydrogen) atoms. The third kappa shape index (κ3) is 1.63. The summed E-state index contributed by atoms with van der Waals surface area (Å²) in [6.07, 6.45) is 9.13. The van der Waals surface area contributed by atoms with Crippen molar-refractivity contribution in [3.63, 3.8) is 0 Å². The van der Waals surface area contributed by atoms with Crippen molar-refractivity contribution in [2.75, 3.05) is 0 Å². The number of fused-ring (bicyclic) bond motifs is 3. The molecule has 4 heteroatoms. The highest BCUT2D eigenvalue weighted by molar-refractivity contribution is 5.78. The topological polar surface area (TPSA) is 43.1 Å². The second-order valence-corrected chi connectivity index (χ2v) is 5.39. The van der Waals surface area contributed by atoms with E-state index < -0.39 is 0 Å². The fraction of sp³-hybridized carbons (Fsp3) is 0.400. The fourth-order valence-electron chi connectivity index (χ4n) is 3.17. The van der Waals surface area contributed by atoms with Crippen LogP contribution < -0.4 is 0 Å². The monoisotopic (exact) mass is 252 g/mol. The van der Waals surface area contributed by atoms with Crippen molar-refractivity contribution in [1.82, 2.24) is 19.4 Å². The minimum atomic E-state index is 0.635. The number of hydrogen-bond acceptors (Lipinski definition) is 3. The van der Waals surface area contributed by atoms with Gasteiger partial charge < -0.3 is 0 Å². The molecule has 1 fully saturated rings. The molecule has 4 rings (SSSR count). The van der Waals surface area contributed by atoms with E-state index in [2.05, 4.69) is 31.5 Å². The van der Waals surface area contributed by atoms with Crippen molar-refractivity contribution < 1.29 is 0 Å². The number of hydrogen-bond donors (Lipinski definition) is 0. The smallest absolute Gasteiger partial charge is 0.149 e. The Bertz CT molecular complexity index is 753. The molecule has 0 unspecified atom stereocenters. The lowest BCUT2D eigenvalue weighted by molar-refractivity contribution is 0.693. The van der Waals surface area contributed by atoms with E-state index in [0.717, 1.165) is 22.5 Å². The molecular formula is C15H16N4. The predicted octanol–water partition coefficient (Wildman–Crippen LogP) is 3.24. The molecule has 3 heterocycles. The average molecular weight is 252 g/mol. The van der Waals surface area contributed by atoms with Crippen molar-refractivity contribution in [2.45, 2.75) is 38.5 Å². The van der Waals surface area contributed by atoms with Crippen molar-refractivity contribution in [1.29, 1.82) is 0 Å². The van der Waals surface area contributed by atoms with Gasteiger partial charge in [-0.3, -0.25) is 4.40 Å². The normalized spacial score (nSPS) is 16.7. The molecule has 96 valence electrons. The van der Waals surface area contributed by atoms with E-state index in [1.807, 2.05) is 19.3 Å². The predicted molar refractivity (Wildman–Crippen MR) is 74.2 cm³/mol. The SMILES string of the molecule is Cc1ncc2ccc3ncc(C4CCCC4)n3c2n1. The third-order valence-electron chi connectivity index (χ3n) is 4.13. The number of aryl methyl sites for hydroxylation is 1. The van der Waals surface area contributed by atoms with E-state index in [-0.39, 0.29) is 0 Å². The lowest BCUT2D eigenvalue weighted by atomic mass is 10.1. The lowest BCUT2D eigenvalue weighted by Gasteiger charge is -2.10. The van der Waals surface area contributed by atoms with Crippen LogP contribution in [0.2, 0.25) is 0 Å². The molecule has 0 N–H and O–H groups in total. The summed E-state index contributed by atoms with van der Waals surface area (Å²) in [6, 6.07) is 4.11. The summed E-state index contributed by atoms with van der Waals surface area (Å²) in [4.78, 5) is 13.4. The zero-order valence-electron chi connectivity index (χ0n) is 11.0. The van der Waals surface area contributed by atoms with E-state index in [0.29, 0.717) is 5.92 Å². The molecule has 0 saturated heterocycles. The Morgan fingerprint density at radius 2 is 1.95 bits per heavy atom. The van der Waals surface area contributed by atoms with Crippen LogP contribution in [-0.2, 0) is 0 Å². The maximum atomic E-state index is 4.62. The van der Waals surface area contributed by atoms with Gasteiger partial charge in [0.05, 0.1) is 0 Å². The molecular weight excluding hydrogens is 236 g/mol. The van der Waals surface area contributed by atoms with Gasteiger partial charge in [-0.2, -0.15) is 0 Å². The van der Waals surface area contributed by atoms with Crippen LogP contribution in [0.3, 0.4) is 0 Å². The first-order chi connectivity index (χ1) is 9.33. The van der Waals surface area contributed by atoms with E-state index in [4.69, 9.17) is 0 Å². The molecule has 0 atom stereocenters. The number of aromatic nitrogens is 4. The van der Waals surface area contributed by atoms with Gasteiger partial charge in [0, 0.05) is 29.4 Å². The molecule has 3 aromatic heterocycles. The van der Waals surface area contributed by atoms with E-state index in [1.54, 1.807) is 0 Å². The zero-order valence-corrected chi connectivity index (χ0v) is 11.0. The number of pyridine rings is 1. The van der Waals surface area contributed by atoms with Gasteiger partial charge in [0.2, 0.25) is 0 Å². The van der Waals surface area contributed by atoms with Crippen LogP contribution in [-0.4, -0.2) is 19.4 Å². The summed E-state index contributed by atoms with van der Waals surface area (Å²) in [5.74, 6) is 1.45. The molecule has 4 nitrogen and oxygen atoms in total. The van der Waals surface area contributed by atoms with Crippen molar-refractivity contribution >= 4 is 16.7 Å². The highest BCUT2D eigenvalue weighted by Crippen LogP contribution is 2.35. The van der Waals surface area contributed by atoms with Crippen molar-refractivity contribution in [3.8, 4) is 0 Å². The van der Waals surface area contributed by atoms with Gasteiger partial charge in [0.1, 0.15) is 17.1 Å². The second-order valence-electron chi connectivity index (χ2n) is 5.39. The standard InChI is InChI=1S/C15H16N4/c1-10-16-8-12-6-7-14-17-9-13(11-4-2-3-5-11)19(14)15(12)18-10/h6-9,11H,2-5H2,1H3. The molecule has 0 aliphatic heterocycles. The molecule has 1 aliphatic carbocycles. The first kappa shape index (κ1) is 10.9. The van der Waals surface area contributed by atoms with Crippen molar-refractivity contribution in [2.24, 2.45) is 0 Å². The maximum Gasteiger partial charge on any atom is 0.149 e. The van der Waals surface area contributed by atoms with Crippen LogP contribution in [0.5, 0.6) is 0 Å². The molecule has 1 saturated carbocycles. The quantitative estimate of drug-likeness (QED) is 0.667. The third-order valence-corrected chi connectivity index (χ3v) is 4.13. The Kier molecular flexibility index (Phi) is 2.31. The summed E-state index contributed by atoms with van der Waals surface area (Å²) >= 11 is 0. The number of imidazole rings is 1. The maximum absolute atomic E-state index is 4.62. The van der Waals surface area contributed by atoms with E-state index >= 15 is 0 Å². The van der Waals surface area contributed by atoms with E-state index in [9.17, 15) is 0 Å². The molecule has 0 radical (unpaired) electrons. The van der Waals surface area contributed by atoms with Crippen molar-refractivity contribution in [3.05, 3.63) is 36.0 Å². The first-order valence-corrected chi connectivity index (χ1v) is 6.92. The molecule has 0 amide bonds. The highest BCUT2D eigenvalue weighted by atomic mass is 15.1. The van der Waals surface area contributed by atoms with Gasteiger partial charge in [-0.05, 0) is 31.9 Å². The summed E-state index contributed by atoms with van der Waals surface area (Å²) in [5, 5.41) is 1.08. The minimum Gasteiger partial charge on any atom is -0.280 e. The number of nitrogens with zero attached hydrogens (tertiary/aromatic N) is 4. The van der Waals surface area contributed by atoms with Crippen LogP contribution in [0.1, 0.15) is 43.1 Å². The largest absolute Gasteiger partial charge is 0.280 e. The Balaban J connectivity index is 2.06. The lowest BCUT2D eigenvalue weighted by Crippen LogP contribution is -2.02. The van der Waals surface area contributed by atoms with Crippen LogP contribution >= 0.6 is 0 Å². The average Bonchev–Trinajstić information content (AvgIpc) is 3.07. The van der Waals surface area contributed by atoms with E-state index in [1.165, 1.54) is 31.4 Å². The Morgan fingerprint density at radius 3 is 2.79 bits per heavy atom. The van der Waals surface area contributed by atoms with Gasteiger partial charge in [0.15, 0.2) is 0 Å². The fourth-order valence-corrected chi connectivity index (χ4v) is 3.17. The summed E-state index contributed by atoms with van der Waals surface area (Å²) in [6.45, 7) is 1.93. The molecule has 1 aliphatic rings. The zero-order chi connectivity index (χ0) is 12.8. The molecule has 0 aromatic carbocycles. The number of rotatable bonds is 1. The van der Waals surface area contributed by atoms with Gasteiger partial charge in [-0.15, -0.1) is 0 Å². The van der Waals surface area contributed by atoms with Gasteiger partial charge in [0.25, 0.3) is 0 Å². The highest BCUT2D eigenvalue weighted by Gasteiger charge is 2.21. The summed E-state index contributed by atoms with van der Waals surface area (Å²) in [5.41, 5.74) is 3.30. The summed E-state index contributed by atoms with van der Waals surface area (Å²) < 4.78 is 2.22. The van der Waals surface area contributed by atoms with Gasteiger partial charge in [-0.1, -0.05) is 12.8 Å². The molecule has 0 bridgehead atoms. The molecule has 3 aromatic rings. The Hall–Kier alpha value is -1.97. The van der Waals surface area contributed by atoms with Gasteiger partial charge >= 0.3 is 0 Å². The second kappa shape index (κ2) is 4.02. The summed E-state index contributed by atoms with van der Waals surface area (Å²) in [7, 11) is 0. The Morgan fingerprint density at radius 1 is 1.11 bits per heavy atom. The van der Waals surface area contributed by atoms with Crippen LogP contribution in [0, 0.1) is 6.92 Å². The first-order valence-electron chi connectivity index (χ1n) is 6.92. The molecule has 0 spiro atoms. The van der Waals surface area contributed by atoms with Crippen LogP contribution in [0.25, 0.3) is 16.7 Å². The van der Waals surface area contributed by atoms with Crippen LogP contribution in [0.4, 0.5) is 0 Å².